The van der Waals surface area contributed by atoms with Crippen molar-refractivity contribution < 1.29 is 17.9 Å². The Morgan fingerprint density at radius 1 is 1.11 bits per heavy atom. The number of anilines is 1. The summed E-state index contributed by atoms with van der Waals surface area (Å²) in [7, 11) is -0.803. The smallest absolute Gasteiger partial charge is 0.257 e. The van der Waals surface area contributed by atoms with Crippen LogP contribution < -0.4 is 10.1 Å². The van der Waals surface area contributed by atoms with Crippen LogP contribution in [0.4, 0.5) is 5.69 Å². The lowest BCUT2D eigenvalue weighted by Crippen LogP contribution is -2.23. The molecule has 1 N–H and O–H groups in total. The third-order valence-corrected chi connectivity index (χ3v) is 6.82. The van der Waals surface area contributed by atoms with Crippen molar-refractivity contribution in [2.75, 3.05) is 19.4 Å². The zero-order valence-corrected chi connectivity index (χ0v) is 17.4. The number of benzene rings is 2. The van der Waals surface area contributed by atoms with Crippen molar-refractivity contribution in [3.05, 3.63) is 53.1 Å². The molecular formula is C20H23ClN2O4S. The van der Waals surface area contributed by atoms with Crippen molar-refractivity contribution in [3.8, 4) is 5.75 Å². The summed E-state index contributed by atoms with van der Waals surface area (Å²) < 4.78 is 31.6. The van der Waals surface area contributed by atoms with Gasteiger partial charge in [-0.25, -0.2) is 12.7 Å². The normalized spacial score (nSPS) is 15.0. The van der Waals surface area contributed by atoms with E-state index in [1.807, 2.05) is 12.1 Å². The maximum atomic E-state index is 12.6. The number of carbonyl (C=O) groups is 1. The van der Waals surface area contributed by atoms with Gasteiger partial charge in [0.2, 0.25) is 10.0 Å². The number of carbonyl (C=O) groups excluding carboxylic acids is 1. The van der Waals surface area contributed by atoms with Crippen LogP contribution in [0.1, 0.15) is 36.0 Å². The molecule has 2 aromatic carbocycles. The minimum atomic E-state index is -3.66. The molecule has 3 rings (SSSR count). The molecule has 0 spiro atoms. The Bertz CT molecular complexity index is 953. The number of sulfonamides is 1. The van der Waals surface area contributed by atoms with Crippen molar-refractivity contribution in [2.24, 2.45) is 0 Å². The molecule has 0 atom stereocenters. The van der Waals surface area contributed by atoms with Crippen LogP contribution in [0.5, 0.6) is 5.75 Å². The van der Waals surface area contributed by atoms with Gasteiger partial charge >= 0.3 is 0 Å². The van der Waals surface area contributed by atoms with Crippen LogP contribution >= 0.6 is 11.6 Å². The molecule has 8 heteroatoms. The fourth-order valence-electron chi connectivity index (χ4n) is 3.06. The van der Waals surface area contributed by atoms with E-state index < -0.39 is 15.9 Å². The highest BCUT2D eigenvalue weighted by molar-refractivity contribution is 7.89. The number of ether oxygens (including phenoxy) is 1. The number of halogens is 1. The van der Waals surface area contributed by atoms with Gasteiger partial charge in [0.1, 0.15) is 5.75 Å². The zero-order chi connectivity index (χ0) is 20.3. The third kappa shape index (κ3) is 4.66. The molecule has 150 valence electrons. The molecule has 0 saturated heterocycles. The molecule has 1 aliphatic rings. The van der Waals surface area contributed by atoms with E-state index in [-0.39, 0.29) is 21.6 Å². The highest BCUT2D eigenvalue weighted by Gasteiger charge is 2.21. The first-order valence-electron chi connectivity index (χ1n) is 9.07. The van der Waals surface area contributed by atoms with Gasteiger partial charge in [0.05, 0.1) is 21.6 Å². The molecular weight excluding hydrogens is 400 g/mol. The van der Waals surface area contributed by atoms with Crippen LogP contribution in [0.15, 0.2) is 47.4 Å². The van der Waals surface area contributed by atoms with E-state index in [1.54, 1.807) is 12.1 Å². The lowest BCUT2D eigenvalue weighted by molar-refractivity contribution is 0.102. The molecule has 0 aliphatic heterocycles. The highest BCUT2D eigenvalue weighted by Crippen LogP contribution is 2.26. The van der Waals surface area contributed by atoms with Gasteiger partial charge in [-0.1, -0.05) is 11.6 Å². The summed E-state index contributed by atoms with van der Waals surface area (Å²) in [5, 5.41) is 2.92. The van der Waals surface area contributed by atoms with E-state index in [0.717, 1.165) is 22.9 Å². The van der Waals surface area contributed by atoms with Crippen LogP contribution in [-0.4, -0.2) is 38.8 Å². The summed E-state index contributed by atoms with van der Waals surface area (Å²) in [6.07, 6.45) is 4.80. The van der Waals surface area contributed by atoms with Gasteiger partial charge in [0.15, 0.2) is 0 Å². The van der Waals surface area contributed by atoms with E-state index in [2.05, 4.69) is 5.32 Å². The van der Waals surface area contributed by atoms with Gasteiger partial charge in [-0.2, -0.15) is 0 Å². The standard InChI is InChI=1S/C20H23ClN2O4S/c1-23(2)28(25,26)17-11-12-19(21)18(13-17)20(24)22-14-7-9-16(10-8-14)27-15-5-3-4-6-15/h7-13,15H,3-6H2,1-2H3,(H,22,24). The summed E-state index contributed by atoms with van der Waals surface area (Å²) in [4.78, 5) is 12.6. The average Bonchev–Trinajstić information content (AvgIpc) is 3.16. The molecule has 1 fully saturated rings. The molecule has 2 aromatic rings. The van der Waals surface area contributed by atoms with Crippen molar-refractivity contribution in [3.63, 3.8) is 0 Å². The molecule has 1 aliphatic carbocycles. The number of nitrogens with zero attached hydrogens (tertiary/aromatic N) is 1. The SMILES string of the molecule is CN(C)S(=O)(=O)c1ccc(Cl)c(C(=O)Nc2ccc(OC3CCCC3)cc2)c1. The third-order valence-electron chi connectivity index (χ3n) is 4.68. The molecule has 0 bridgehead atoms. The van der Waals surface area contributed by atoms with Gasteiger partial charge in [-0.05, 0) is 68.1 Å². The molecule has 0 heterocycles. The first-order valence-corrected chi connectivity index (χ1v) is 10.9. The zero-order valence-electron chi connectivity index (χ0n) is 15.8. The summed E-state index contributed by atoms with van der Waals surface area (Å²) in [5.74, 6) is 0.285. The Labute approximate surface area is 170 Å². The molecule has 6 nitrogen and oxygen atoms in total. The number of hydrogen-bond acceptors (Lipinski definition) is 4. The number of amides is 1. The van der Waals surface area contributed by atoms with E-state index in [4.69, 9.17) is 16.3 Å². The quantitative estimate of drug-likeness (QED) is 0.758. The first-order chi connectivity index (χ1) is 13.3. The molecule has 1 saturated carbocycles. The summed E-state index contributed by atoms with van der Waals surface area (Å²) in [5.41, 5.74) is 0.664. The van der Waals surface area contributed by atoms with E-state index in [1.165, 1.54) is 45.1 Å². The van der Waals surface area contributed by atoms with Crippen molar-refractivity contribution >= 4 is 33.2 Å². The van der Waals surface area contributed by atoms with E-state index in [9.17, 15) is 13.2 Å². The lowest BCUT2D eigenvalue weighted by Gasteiger charge is -2.14. The Morgan fingerprint density at radius 2 is 1.75 bits per heavy atom. The van der Waals surface area contributed by atoms with Gasteiger partial charge in [-0.3, -0.25) is 4.79 Å². The minimum Gasteiger partial charge on any atom is -0.490 e. The second-order valence-corrected chi connectivity index (χ2v) is 9.49. The van der Waals surface area contributed by atoms with Gasteiger partial charge < -0.3 is 10.1 Å². The van der Waals surface area contributed by atoms with Gasteiger partial charge in [-0.15, -0.1) is 0 Å². The monoisotopic (exact) mass is 422 g/mol. The fraction of sp³-hybridized carbons (Fsp3) is 0.350. The topological polar surface area (TPSA) is 75.7 Å². The van der Waals surface area contributed by atoms with E-state index in [0.29, 0.717) is 5.69 Å². The van der Waals surface area contributed by atoms with Gasteiger partial charge in [0, 0.05) is 19.8 Å². The Balaban J connectivity index is 1.73. The fourth-order valence-corrected chi connectivity index (χ4v) is 4.20. The summed E-state index contributed by atoms with van der Waals surface area (Å²) in [6, 6.07) is 11.2. The highest BCUT2D eigenvalue weighted by atomic mass is 35.5. The van der Waals surface area contributed by atoms with Crippen molar-refractivity contribution in [2.45, 2.75) is 36.7 Å². The summed E-state index contributed by atoms with van der Waals surface area (Å²) in [6.45, 7) is 0. The Kier molecular flexibility index (Phi) is 6.27. The second-order valence-electron chi connectivity index (χ2n) is 6.93. The Hall–Kier alpha value is -2.09. The molecule has 1 amide bonds. The number of hydrogen-bond donors (Lipinski definition) is 1. The van der Waals surface area contributed by atoms with E-state index >= 15 is 0 Å². The largest absolute Gasteiger partial charge is 0.490 e. The average molecular weight is 423 g/mol. The predicted molar refractivity (Wildman–Crippen MR) is 110 cm³/mol. The summed E-state index contributed by atoms with van der Waals surface area (Å²) >= 11 is 6.12. The van der Waals surface area contributed by atoms with Gasteiger partial charge in [0.25, 0.3) is 5.91 Å². The van der Waals surface area contributed by atoms with Crippen molar-refractivity contribution in [1.82, 2.24) is 4.31 Å². The maximum Gasteiger partial charge on any atom is 0.257 e. The van der Waals surface area contributed by atoms with Crippen LogP contribution in [0.25, 0.3) is 0 Å². The molecule has 0 radical (unpaired) electrons. The molecule has 0 unspecified atom stereocenters. The lowest BCUT2D eigenvalue weighted by atomic mass is 10.2. The van der Waals surface area contributed by atoms with Crippen LogP contribution in [0.3, 0.4) is 0 Å². The number of rotatable bonds is 6. The second kappa shape index (κ2) is 8.51. The first kappa shape index (κ1) is 20.6. The molecule has 0 aromatic heterocycles. The predicted octanol–water partition coefficient (Wildman–Crippen LogP) is 4.16. The van der Waals surface area contributed by atoms with Crippen LogP contribution in [0, 0.1) is 0 Å². The minimum absolute atomic E-state index is 0.00682. The van der Waals surface area contributed by atoms with Crippen LogP contribution in [0.2, 0.25) is 5.02 Å². The van der Waals surface area contributed by atoms with Crippen LogP contribution in [-0.2, 0) is 10.0 Å². The number of nitrogens with one attached hydrogen (secondary N) is 1. The molecule has 28 heavy (non-hydrogen) atoms. The Morgan fingerprint density at radius 3 is 2.36 bits per heavy atom. The maximum absolute atomic E-state index is 12.6. The van der Waals surface area contributed by atoms with Crippen molar-refractivity contribution in [1.29, 1.82) is 0 Å².